The average Bonchev–Trinajstić information content (AvgIpc) is 2.26. The first-order valence-electron chi connectivity index (χ1n) is 5.80. The van der Waals surface area contributed by atoms with Crippen molar-refractivity contribution >= 4 is 10.0 Å². The summed E-state index contributed by atoms with van der Waals surface area (Å²) in [5.74, 6) is 0. The van der Waals surface area contributed by atoms with E-state index in [9.17, 15) is 0 Å². The van der Waals surface area contributed by atoms with E-state index in [1.54, 1.807) is 0 Å². The van der Waals surface area contributed by atoms with Gasteiger partial charge in [-0.15, -0.1) is 0 Å². The fourth-order valence-electron chi connectivity index (χ4n) is 1.70. The van der Waals surface area contributed by atoms with Gasteiger partial charge in [-0.1, -0.05) is 70.9 Å². The maximum absolute atomic E-state index is 4.21. The fraction of sp³-hybridized carbons (Fsp3) is 0.375. The number of rotatable bonds is 5. The molecule has 0 saturated carbocycles. The average molecular weight is 250 g/mol. The van der Waals surface area contributed by atoms with Gasteiger partial charge in [-0.25, -0.2) is 0 Å². The Labute approximate surface area is 109 Å². The van der Waals surface area contributed by atoms with Crippen LogP contribution < -0.4 is 0 Å². The molecule has 0 spiro atoms. The second-order valence-corrected chi connectivity index (χ2v) is 9.04. The molecule has 0 bridgehead atoms. The van der Waals surface area contributed by atoms with E-state index < -0.39 is 10.0 Å². The lowest BCUT2D eigenvalue weighted by atomic mass is 10.3. The van der Waals surface area contributed by atoms with Crippen molar-refractivity contribution in [3.8, 4) is 0 Å². The molecule has 0 aliphatic heterocycles. The summed E-state index contributed by atoms with van der Waals surface area (Å²) in [5.41, 5.74) is 0. The van der Waals surface area contributed by atoms with Crippen LogP contribution in [0.3, 0.4) is 0 Å². The van der Waals surface area contributed by atoms with Gasteiger partial charge in [0.2, 0.25) is 0 Å². The van der Waals surface area contributed by atoms with E-state index >= 15 is 0 Å². The van der Waals surface area contributed by atoms with Crippen molar-refractivity contribution in [3.05, 3.63) is 59.9 Å². The van der Waals surface area contributed by atoms with Crippen LogP contribution in [0.1, 0.15) is 27.7 Å². The summed E-state index contributed by atoms with van der Waals surface area (Å²) in [4.78, 5) is 2.46. The van der Waals surface area contributed by atoms with Gasteiger partial charge < -0.3 is 0 Å². The van der Waals surface area contributed by atoms with Gasteiger partial charge >= 0.3 is 0 Å². The minimum atomic E-state index is -1.13. The lowest BCUT2D eigenvalue weighted by Crippen LogP contribution is -2.25. The molecule has 0 aromatic rings. The minimum Gasteiger partial charge on any atom is -0.186 e. The highest BCUT2D eigenvalue weighted by Gasteiger charge is 2.35. The molecule has 0 aromatic heterocycles. The molecule has 0 aromatic carbocycles. The van der Waals surface area contributed by atoms with Crippen LogP contribution in [-0.2, 0) is 0 Å². The lowest BCUT2D eigenvalue weighted by molar-refractivity contribution is 0.792. The maximum Gasteiger partial charge on any atom is -0.000813 e. The van der Waals surface area contributed by atoms with Crippen molar-refractivity contribution < 1.29 is 0 Å². The molecule has 0 nitrogen and oxygen atoms in total. The zero-order chi connectivity index (χ0) is 13.7. The van der Waals surface area contributed by atoms with Crippen molar-refractivity contribution in [2.24, 2.45) is 0 Å². The van der Waals surface area contributed by atoms with E-state index in [2.05, 4.69) is 65.8 Å². The predicted molar refractivity (Wildman–Crippen MR) is 85.7 cm³/mol. The summed E-state index contributed by atoms with van der Waals surface area (Å²) in [6.07, 6.45) is 12.3. The van der Waals surface area contributed by atoms with E-state index in [0.717, 1.165) is 4.91 Å². The molecule has 0 heterocycles. The smallest absolute Gasteiger partial charge is 0.000813 e. The van der Waals surface area contributed by atoms with Crippen LogP contribution in [-0.4, -0.2) is 11.0 Å². The minimum absolute atomic E-state index is 0.158. The molecule has 17 heavy (non-hydrogen) atoms. The Morgan fingerprint density at radius 3 is 2.00 bits per heavy atom. The van der Waals surface area contributed by atoms with Crippen molar-refractivity contribution in [1.29, 1.82) is 0 Å². The molecule has 0 aliphatic rings. The first kappa shape index (κ1) is 16.1. The van der Waals surface area contributed by atoms with Crippen LogP contribution in [0.2, 0.25) is 0 Å². The zero-order valence-electron chi connectivity index (χ0n) is 11.9. The highest BCUT2D eigenvalue weighted by molar-refractivity contribution is 8.40. The first-order chi connectivity index (χ1) is 7.75. The normalized spacial score (nSPS) is 18.5. The monoisotopic (exact) mass is 250 g/mol. The highest BCUT2D eigenvalue weighted by Crippen LogP contribution is 2.67. The Balaban J connectivity index is 5.78. The second-order valence-electron chi connectivity index (χ2n) is 4.99. The molecule has 0 rings (SSSR count). The molecule has 96 valence electrons. The first-order valence-corrected chi connectivity index (χ1v) is 7.84. The van der Waals surface area contributed by atoms with Gasteiger partial charge in [-0.05, 0) is 27.7 Å². The Kier molecular flexibility index (Phi) is 5.77. The van der Waals surface area contributed by atoms with Gasteiger partial charge in [0.05, 0.1) is 0 Å². The third-order valence-electron chi connectivity index (χ3n) is 3.13. The number of hydrogen-bond donors (Lipinski definition) is 0. The molecule has 0 N–H and O–H groups in total. The standard InChI is InChI=1S/C16H26S/c1-9-12-13-15(11-3)17(8,14(4)10-2)16(5,6)7/h9-13H,1-2,4H2,3,5-8H3/b13-12-,15-11+. The predicted octanol–water partition coefficient (Wildman–Crippen LogP) is 5.57. The molecular formula is C16H26S. The van der Waals surface area contributed by atoms with E-state index in [-0.39, 0.29) is 4.75 Å². The van der Waals surface area contributed by atoms with E-state index in [1.165, 1.54) is 4.91 Å². The van der Waals surface area contributed by atoms with Gasteiger partial charge in [0.25, 0.3) is 0 Å². The zero-order valence-corrected chi connectivity index (χ0v) is 12.7. The Bertz CT molecular complexity index is 363. The van der Waals surface area contributed by atoms with Crippen LogP contribution in [0.25, 0.3) is 0 Å². The third-order valence-corrected chi connectivity index (χ3v) is 8.11. The topological polar surface area (TPSA) is 0 Å². The van der Waals surface area contributed by atoms with Crippen LogP contribution in [0.15, 0.2) is 59.9 Å². The molecule has 1 unspecified atom stereocenters. The van der Waals surface area contributed by atoms with Crippen LogP contribution in [0.5, 0.6) is 0 Å². The Morgan fingerprint density at radius 2 is 1.71 bits per heavy atom. The molecule has 0 fully saturated rings. The number of allylic oxidation sites excluding steroid dienone is 5. The summed E-state index contributed by atoms with van der Waals surface area (Å²) < 4.78 is 0.158. The summed E-state index contributed by atoms with van der Waals surface area (Å²) in [6, 6.07) is 0. The van der Waals surface area contributed by atoms with E-state index in [4.69, 9.17) is 0 Å². The second kappa shape index (κ2) is 6.11. The Morgan fingerprint density at radius 1 is 1.18 bits per heavy atom. The van der Waals surface area contributed by atoms with Gasteiger partial charge in [-0.2, -0.15) is 10.0 Å². The fourth-order valence-corrected chi connectivity index (χ4v) is 4.65. The highest BCUT2D eigenvalue weighted by atomic mass is 32.3. The summed E-state index contributed by atoms with van der Waals surface area (Å²) in [6.45, 7) is 20.7. The van der Waals surface area contributed by atoms with Crippen LogP contribution in [0.4, 0.5) is 0 Å². The van der Waals surface area contributed by atoms with E-state index in [0.29, 0.717) is 0 Å². The third kappa shape index (κ3) is 3.26. The molecule has 0 aliphatic carbocycles. The van der Waals surface area contributed by atoms with Crippen molar-refractivity contribution in [2.45, 2.75) is 32.4 Å². The van der Waals surface area contributed by atoms with Crippen LogP contribution in [0, 0.1) is 0 Å². The van der Waals surface area contributed by atoms with Crippen LogP contribution >= 0.6 is 10.0 Å². The molecule has 1 atom stereocenters. The molecule has 0 radical (unpaired) electrons. The van der Waals surface area contributed by atoms with Gasteiger partial charge in [0.1, 0.15) is 0 Å². The van der Waals surface area contributed by atoms with Crippen molar-refractivity contribution in [2.75, 3.05) is 6.26 Å². The Hall–Kier alpha value is -0.950. The molecule has 1 heteroatoms. The lowest BCUT2D eigenvalue weighted by Gasteiger charge is -2.49. The molecule has 0 amide bonds. The summed E-state index contributed by atoms with van der Waals surface area (Å²) in [5, 5.41) is 0. The van der Waals surface area contributed by atoms with Crippen molar-refractivity contribution in [3.63, 3.8) is 0 Å². The van der Waals surface area contributed by atoms with Gasteiger partial charge in [0.15, 0.2) is 0 Å². The maximum atomic E-state index is 4.21. The quantitative estimate of drug-likeness (QED) is 0.560. The molecule has 0 saturated heterocycles. The van der Waals surface area contributed by atoms with Gasteiger partial charge in [-0.3, -0.25) is 0 Å². The SMILES string of the molecule is C=C/C=C\C(=C/C)S(C)(C(=C)C=C)C(C)(C)C. The van der Waals surface area contributed by atoms with E-state index in [1.807, 2.05) is 18.2 Å². The summed E-state index contributed by atoms with van der Waals surface area (Å²) >= 11 is 0. The molecular weight excluding hydrogens is 224 g/mol. The van der Waals surface area contributed by atoms with Gasteiger partial charge in [0, 0.05) is 0 Å². The number of hydrogen-bond acceptors (Lipinski definition) is 0. The summed E-state index contributed by atoms with van der Waals surface area (Å²) in [7, 11) is -1.13. The largest absolute Gasteiger partial charge is 0.186 e. The van der Waals surface area contributed by atoms with Crippen molar-refractivity contribution in [1.82, 2.24) is 0 Å².